The minimum Gasteiger partial charge on any atom is -0.462 e. The van der Waals surface area contributed by atoms with Crippen molar-refractivity contribution in [2.75, 3.05) is 37.7 Å². The van der Waals surface area contributed by atoms with Gasteiger partial charge in [-0.2, -0.15) is 4.98 Å². The molecule has 0 atom stereocenters. The molecule has 0 N–H and O–H groups in total. The van der Waals surface area contributed by atoms with Crippen molar-refractivity contribution in [3.8, 4) is 0 Å². The molecule has 0 bridgehead atoms. The van der Waals surface area contributed by atoms with Gasteiger partial charge in [0, 0.05) is 44.7 Å². The summed E-state index contributed by atoms with van der Waals surface area (Å²) in [6, 6.07) is 6.13. The van der Waals surface area contributed by atoms with Gasteiger partial charge < -0.3 is 14.2 Å². The molecule has 3 heterocycles. The van der Waals surface area contributed by atoms with Gasteiger partial charge in [-0.25, -0.2) is 4.79 Å². The van der Waals surface area contributed by atoms with Crippen LogP contribution in [-0.2, 0) is 11.3 Å². The number of pyridine rings is 1. The quantitative estimate of drug-likeness (QED) is 0.610. The molecule has 3 aromatic rings. The molecule has 1 aliphatic heterocycles. The molecule has 4 rings (SSSR count). The van der Waals surface area contributed by atoms with Crippen LogP contribution < -0.4 is 4.90 Å². The van der Waals surface area contributed by atoms with Gasteiger partial charge in [-0.1, -0.05) is 16.8 Å². The van der Waals surface area contributed by atoms with Gasteiger partial charge in [-0.05, 0) is 26.0 Å². The topological polar surface area (TPSA) is 84.6 Å². The Balaban J connectivity index is 1.61. The van der Waals surface area contributed by atoms with Crippen molar-refractivity contribution in [3.63, 3.8) is 0 Å². The minimum absolute atomic E-state index is 0.330. The number of carbonyl (C=O) groups excluding carboxylic acids is 1. The molecule has 0 aliphatic carbocycles. The summed E-state index contributed by atoms with van der Waals surface area (Å²) in [7, 11) is 0. The standard InChI is InChI=1S/C21H25N5O3/c1-4-28-21(27)17-12-22-18-6-5-14(2)11-16(18)20(17)26-9-7-25(8-10-26)13-19-23-15(3)29-24-19/h5-6,11-12H,4,7-10,13H2,1-3H3. The van der Waals surface area contributed by atoms with Gasteiger partial charge in [0.2, 0.25) is 5.89 Å². The molecule has 152 valence electrons. The summed E-state index contributed by atoms with van der Waals surface area (Å²) in [5.74, 6) is 0.951. The van der Waals surface area contributed by atoms with Gasteiger partial charge in [0.05, 0.1) is 24.4 Å². The van der Waals surface area contributed by atoms with Crippen LogP contribution in [0.25, 0.3) is 10.9 Å². The Morgan fingerprint density at radius 3 is 2.69 bits per heavy atom. The van der Waals surface area contributed by atoms with Crippen molar-refractivity contribution in [2.24, 2.45) is 0 Å². The summed E-state index contributed by atoms with van der Waals surface area (Å²) in [5.41, 5.74) is 3.44. The number of fused-ring (bicyclic) bond motifs is 1. The zero-order valence-electron chi connectivity index (χ0n) is 17.0. The Hall–Kier alpha value is -3.00. The van der Waals surface area contributed by atoms with Crippen LogP contribution in [0.4, 0.5) is 5.69 Å². The fourth-order valence-corrected chi connectivity index (χ4v) is 3.73. The fourth-order valence-electron chi connectivity index (χ4n) is 3.73. The molecule has 0 radical (unpaired) electrons. The third-order valence-corrected chi connectivity index (χ3v) is 5.11. The molecule has 2 aromatic heterocycles. The lowest BCUT2D eigenvalue weighted by atomic mass is 10.0. The maximum Gasteiger partial charge on any atom is 0.341 e. The van der Waals surface area contributed by atoms with Crippen LogP contribution in [0.15, 0.2) is 28.9 Å². The first-order chi connectivity index (χ1) is 14.0. The van der Waals surface area contributed by atoms with Crippen LogP contribution in [0.1, 0.15) is 34.6 Å². The first-order valence-corrected chi connectivity index (χ1v) is 9.88. The largest absolute Gasteiger partial charge is 0.462 e. The van der Waals surface area contributed by atoms with Crippen LogP contribution in [0.5, 0.6) is 0 Å². The second-order valence-electron chi connectivity index (χ2n) is 7.25. The minimum atomic E-state index is -0.330. The maximum absolute atomic E-state index is 12.6. The number of aromatic nitrogens is 3. The van der Waals surface area contributed by atoms with E-state index in [9.17, 15) is 4.79 Å². The van der Waals surface area contributed by atoms with Crippen molar-refractivity contribution < 1.29 is 14.1 Å². The van der Waals surface area contributed by atoms with Gasteiger partial charge >= 0.3 is 5.97 Å². The van der Waals surface area contributed by atoms with Gasteiger partial charge in [0.15, 0.2) is 5.82 Å². The van der Waals surface area contributed by atoms with Crippen LogP contribution in [0.2, 0.25) is 0 Å². The van der Waals surface area contributed by atoms with E-state index in [1.165, 1.54) is 0 Å². The maximum atomic E-state index is 12.6. The van der Waals surface area contributed by atoms with Gasteiger partial charge in [0.1, 0.15) is 5.56 Å². The lowest BCUT2D eigenvalue weighted by Gasteiger charge is -2.36. The molecule has 0 spiro atoms. The predicted molar refractivity (Wildman–Crippen MR) is 109 cm³/mol. The van der Waals surface area contributed by atoms with Crippen LogP contribution in [0, 0.1) is 13.8 Å². The Labute approximate surface area is 169 Å². The molecule has 1 saturated heterocycles. The Morgan fingerprint density at radius 2 is 2.00 bits per heavy atom. The van der Waals surface area contributed by atoms with E-state index in [2.05, 4.69) is 31.0 Å². The summed E-state index contributed by atoms with van der Waals surface area (Å²) in [6.45, 7) is 9.90. The highest BCUT2D eigenvalue weighted by Gasteiger charge is 2.25. The predicted octanol–water partition coefficient (Wildman–Crippen LogP) is 2.73. The summed E-state index contributed by atoms with van der Waals surface area (Å²) >= 11 is 0. The van der Waals surface area contributed by atoms with E-state index in [1.807, 2.05) is 26.0 Å². The van der Waals surface area contributed by atoms with Crippen molar-refractivity contribution in [3.05, 3.63) is 47.2 Å². The number of rotatable bonds is 5. The Bertz CT molecular complexity index is 1020. The number of ether oxygens (including phenoxy) is 1. The van der Waals surface area contributed by atoms with Gasteiger partial charge in [-0.15, -0.1) is 0 Å². The van der Waals surface area contributed by atoms with Gasteiger partial charge in [-0.3, -0.25) is 9.88 Å². The summed E-state index contributed by atoms with van der Waals surface area (Å²) in [6.07, 6.45) is 1.64. The third-order valence-electron chi connectivity index (χ3n) is 5.11. The SMILES string of the molecule is CCOC(=O)c1cnc2ccc(C)cc2c1N1CCN(Cc2noc(C)n2)CC1. The number of esters is 1. The number of carbonyl (C=O) groups is 1. The highest BCUT2D eigenvalue weighted by molar-refractivity contribution is 6.05. The first-order valence-electron chi connectivity index (χ1n) is 9.88. The second kappa shape index (κ2) is 8.16. The molecule has 1 aliphatic rings. The van der Waals surface area contributed by atoms with Crippen molar-refractivity contribution in [2.45, 2.75) is 27.3 Å². The average molecular weight is 395 g/mol. The van der Waals surface area contributed by atoms with Crippen molar-refractivity contribution in [1.29, 1.82) is 0 Å². The van der Waals surface area contributed by atoms with E-state index < -0.39 is 0 Å². The number of aryl methyl sites for hydroxylation is 2. The molecule has 1 fully saturated rings. The number of nitrogens with zero attached hydrogens (tertiary/aromatic N) is 5. The molecule has 8 nitrogen and oxygen atoms in total. The molecule has 0 amide bonds. The molecular weight excluding hydrogens is 370 g/mol. The molecule has 1 aromatic carbocycles. The number of benzene rings is 1. The second-order valence-corrected chi connectivity index (χ2v) is 7.25. The Morgan fingerprint density at radius 1 is 1.21 bits per heavy atom. The molecular formula is C21H25N5O3. The van der Waals surface area contributed by atoms with E-state index in [0.717, 1.165) is 48.3 Å². The molecule has 8 heteroatoms. The lowest BCUT2D eigenvalue weighted by Crippen LogP contribution is -2.46. The van der Waals surface area contributed by atoms with E-state index in [1.54, 1.807) is 13.1 Å². The Kier molecular flexibility index (Phi) is 5.44. The van der Waals surface area contributed by atoms with Crippen molar-refractivity contribution >= 4 is 22.6 Å². The van der Waals surface area contributed by atoms with Crippen LogP contribution >= 0.6 is 0 Å². The summed E-state index contributed by atoms with van der Waals surface area (Å²) < 4.78 is 10.4. The third kappa shape index (κ3) is 4.07. The summed E-state index contributed by atoms with van der Waals surface area (Å²) in [4.78, 5) is 25.9. The van der Waals surface area contributed by atoms with Crippen LogP contribution in [0.3, 0.4) is 0 Å². The van der Waals surface area contributed by atoms with E-state index >= 15 is 0 Å². The lowest BCUT2D eigenvalue weighted by molar-refractivity contribution is 0.0526. The zero-order valence-corrected chi connectivity index (χ0v) is 17.0. The number of hydrogen-bond donors (Lipinski definition) is 0. The normalized spacial score (nSPS) is 15.1. The van der Waals surface area contributed by atoms with E-state index in [0.29, 0.717) is 30.4 Å². The highest BCUT2D eigenvalue weighted by atomic mass is 16.5. The van der Waals surface area contributed by atoms with Crippen molar-refractivity contribution in [1.82, 2.24) is 20.0 Å². The average Bonchev–Trinajstić information content (AvgIpc) is 3.12. The molecule has 0 saturated carbocycles. The summed E-state index contributed by atoms with van der Waals surface area (Å²) in [5, 5.41) is 4.97. The highest BCUT2D eigenvalue weighted by Crippen LogP contribution is 2.32. The fraction of sp³-hybridized carbons (Fsp3) is 0.429. The number of anilines is 1. The number of piperazine rings is 1. The first kappa shape index (κ1) is 19.3. The van der Waals surface area contributed by atoms with E-state index in [4.69, 9.17) is 9.26 Å². The van der Waals surface area contributed by atoms with Crippen LogP contribution in [-0.4, -0.2) is 58.8 Å². The van der Waals surface area contributed by atoms with E-state index in [-0.39, 0.29) is 5.97 Å². The number of hydrogen-bond acceptors (Lipinski definition) is 8. The molecule has 29 heavy (non-hydrogen) atoms. The van der Waals surface area contributed by atoms with Gasteiger partial charge in [0.25, 0.3) is 0 Å². The monoisotopic (exact) mass is 395 g/mol. The smallest absolute Gasteiger partial charge is 0.341 e. The zero-order chi connectivity index (χ0) is 20.4. The molecule has 0 unspecified atom stereocenters.